The Labute approximate surface area is 129 Å². The van der Waals surface area contributed by atoms with Gasteiger partial charge in [0.25, 0.3) is 0 Å². The molecule has 4 heteroatoms. The maximum atomic E-state index is 5.32. The lowest BCUT2D eigenvalue weighted by molar-refractivity contribution is 0.246. The minimum absolute atomic E-state index is 0.954. The van der Waals surface area contributed by atoms with Crippen molar-refractivity contribution in [1.29, 1.82) is 0 Å². The van der Waals surface area contributed by atoms with Crippen LogP contribution >= 0.6 is 0 Å². The number of nitrogens with one attached hydrogen (secondary N) is 1. The van der Waals surface area contributed by atoms with Crippen LogP contribution in [0.4, 0.5) is 0 Å². The lowest BCUT2D eigenvalue weighted by Crippen LogP contribution is -2.29. The molecule has 22 heavy (non-hydrogen) atoms. The number of aromatic amines is 1. The Kier molecular flexibility index (Phi) is 3.31. The highest BCUT2D eigenvalue weighted by atomic mass is 16.5. The summed E-state index contributed by atoms with van der Waals surface area (Å²) in [5.74, 6) is 0.954. The zero-order valence-corrected chi connectivity index (χ0v) is 12.7. The van der Waals surface area contributed by atoms with Gasteiger partial charge in [0.05, 0.1) is 7.11 Å². The van der Waals surface area contributed by atoms with Crippen LogP contribution in [0.1, 0.15) is 16.7 Å². The van der Waals surface area contributed by atoms with Gasteiger partial charge in [-0.2, -0.15) is 0 Å². The van der Waals surface area contributed by atoms with Gasteiger partial charge in [-0.3, -0.25) is 4.90 Å². The average molecular weight is 293 g/mol. The molecule has 4 rings (SSSR count). The van der Waals surface area contributed by atoms with Crippen molar-refractivity contribution >= 4 is 11.0 Å². The highest BCUT2D eigenvalue weighted by molar-refractivity contribution is 5.79. The van der Waals surface area contributed by atoms with E-state index >= 15 is 0 Å². The van der Waals surface area contributed by atoms with Crippen LogP contribution in [0.2, 0.25) is 0 Å². The Morgan fingerprint density at radius 3 is 3.14 bits per heavy atom. The van der Waals surface area contributed by atoms with Gasteiger partial charge in [0, 0.05) is 37.4 Å². The van der Waals surface area contributed by atoms with Crippen LogP contribution in [0.25, 0.3) is 11.0 Å². The molecule has 0 spiro atoms. The molecule has 1 aromatic carbocycles. The molecule has 112 valence electrons. The van der Waals surface area contributed by atoms with Crippen LogP contribution in [-0.2, 0) is 19.5 Å². The highest BCUT2D eigenvalue weighted by Crippen LogP contribution is 2.26. The van der Waals surface area contributed by atoms with Gasteiger partial charge in [-0.15, -0.1) is 0 Å². The minimum Gasteiger partial charge on any atom is -0.497 e. The first-order valence-electron chi connectivity index (χ1n) is 7.62. The summed E-state index contributed by atoms with van der Waals surface area (Å²) < 4.78 is 5.32. The number of H-pyrrole nitrogens is 1. The fraction of sp³-hybridized carbons (Fsp3) is 0.278. The van der Waals surface area contributed by atoms with Gasteiger partial charge in [0.2, 0.25) is 0 Å². The average Bonchev–Trinajstić information content (AvgIpc) is 2.97. The summed E-state index contributed by atoms with van der Waals surface area (Å²) >= 11 is 0. The summed E-state index contributed by atoms with van der Waals surface area (Å²) in [4.78, 5) is 10.1. The van der Waals surface area contributed by atoms with Crippen molar-refractivity contribution in [1.82, 2.24) is 14.9 Å². The Balaban J connectivity index is 1.55. The van der Waals surface area contributed by atoms with Crippen molar-refractivity contribution in [3.05, 3.63) is 59.4 Å². The molecular weight excluding hydrogens is 274 g/mol. The van der Waals surface area contributed by atoms with E-state index in [4.69, 9.17) is 4.74 Å². The molecule has 0 saturated heterocycles. The van der Waals surface area contributed by atoms with E-state index in [-0.39, 0.29) is 0 Å². The first kappa shape index (κ1) is 13.3. The summed E-state index contributed by atoms with van der Waals surface area (Å²) in [5.41, 5.74) is 5.11. The van der Waals surface area contributed by atoms with E-state index in [9.17, 15) is 0 Å². The van der Waals surface area contributed by atoms with Crippen molar-refractivity contribution < 1.29 is 4.74 Å². The Morgan fingerprint density at radius 1 is 1.27 bits per heavy atom. The SMILES string of the molecule is COc1ccc2c(c1)CCN(Cc1c[nH]c3ncccc13)C2. The molecule has 0 amide bonds. The molecule has 0 unspecified atom stereocenters. The number of benzene rings is 1. The molecule has 1 aliphatic heterocycles. The number of nitrogens with zero attached hydrogens (tertiary/aromatic N) is 2. The summed E-state index contributed by atoms with van der Waals surface area (Å²) in [6, 6.07) is 10.5. The predicted octanol–water partition coefficient (Wildman–Crippen LogP) is 3.13. The smallest absolute Gasteiger partial charge is 0.137 e. The van der Waals surface area contributed by atoms with Crippen molar-refractivity contribution in [2.24, 2.45) is 0 Å². The molecule has 4 nitrogen and oxygen atoms in total. The maximum absolute atomic E-state index is 5.32. The predicted molar refractivity (Wildman–Crippen MR) is 86.9 cm³/mol. The number of ether oxygens (including phenoxy) is 1. The summed E-state index contributed by atoms with van der Waals surface area (Å²) in [6.45, 7) is 3.02. The van der Waals surface area contributed by atoms with Gasteiger partial charge in [-0.25, -0.2) is 4.98 Å². The number of aromatic nitrogens is 2. The zero-order chi connectivity index (χ0) is 14.9. The van der Waals surface area contributed by atoms with E-state index in [1.807, 2.05) is 12.3 Å². The van der Waals surface area contributed by atoms with Gasteiger partial charge < -0.3 is 9.72 Å². The fourth-order valence-corrected chi connectivity index (χ4v) is 3.23. The van der Waals surface area contributed by atoms with Crippen molar-refractivity contribution in [3.8, 4) is 5.75 Å². The van der Waals surface area contributed by atoms with Crippen LogP contribution < -0.4 is 4.74 Å². The third-order valence-electron chi connectivity index (χ3n) is 4.44. The summed E-state index contributed by atoms with van der Waals surface area (Å²) in [6.07, 6.45) is 4.99. The summed E-state index contributed by atoms with van der Waals surface area (Å²) in [5, 5.41) is 1.23. The largest absolute Gasteiger partial charge is 0.497 e. The molecule has 1 aliphatic rings. The molecule has 0 radical (unpaired) electrons. The second-order valence-electron chi connectivity index (χ2n) is 5.81. The van der Waals surface area contributed by atoms with Gasteiger partial charge in [-0.1, -0.05) is 6.07 Å². The van der Waals surface area contributed by atoms with Gasteiger partial charge in [0.15, 0.2) is 0 Å². The first-order valence-corrected chi connectivity index (χ1v) is 7.62. The number of rotatable bonds is 3. The molecule has 0 saturated carbocycles. The highest BCUT2D eigenvalue weighted by Gasteiger charge is 2.18. The minimum atomic E-state index is 0.954. The number of hydrogen-bond acceptors (Lipinski definition) is 3. The maximum Gasteiger partial charge on any atom is 0.137 e. The Morgan fingerprint density at radius 2 is 2.23 bits per heavy atom. The van der Waals surface area contributed by atoms with Crippen molar-refractivity contribution in [3.63, 3.8) is 0 Å². The third-order valence-corrected chi connectivity index (χ3v) is 4.44. The van der Waals surface area contributed by atoms with E-state index in [0.29, 0.717) is 0 Å². The van der Waals surface area contributed by atoms with E-state index in [1.165, 1.54) is 22.1 Å². The van der Waals surface area contributed by atoms with Crippen LogP contribution in [0.5, 0.6) is 5.75 Å². The van der Waals surface area contributed by atoms with Crippen LogP contribution in [-0.4, -0.2) is 28.5 Å². The topological polar surface area (TPSA) is 41.1 Å². The second kappa shape index (κ2) is 5.46. The van der Waals surface area contributed by atoms with Crippen molar-refractivity contribution in [2.75, 3.05) is 13.7 Å². The zero-order valence-electron chi connectivity index (χ0n) is 12.7. The summed E-state index contributed by atoms with van der Waals surface area (Å²) in [7, 11) is 1.72. The van der Waals surface area contributed by atoms with Crippen LogP contribution in [0.3, 0.4) is 0 Å². The molecule has 0 bridgehead atoms. The fourth-order valence-electron chi connectivity index (χ4n) is 3.23. The monoisotopic (exact) mass is 293 g/mol. The van der Waals surface area contributed by atoms with Crippen LogP contribution in [0, 0.1) is 0 Å². The van der Waals surface area contributed by atoms with Crippen molar-refractivity contribution in [2.45, 2.75) is 19.5 Å². The van der Waals surface area contributed by atoms with E-state index < -0.39 is 0 Å². The normalized spacial score (nSPS) is 15.0. The van der Waals surface area contributed by atoms with Crippen LogP contribution in [0.15, 0.2) is 42.7 Å². The lowest BCUT2D eigenvalue weighted by Gasteiger charge is -2.28. The second-order valence-corrected chi connectivity index (χ2v) is 5.81. The van der Waals surface area contributed by atoms with Gasteiger partial charge in [-0.05, 0) is 47.4 Å². The van der Waals surface area contributed by atoms with Gasteiger partial charge >= 0.3 is 0 Å². The molecule has 3 aromatic rings. The molecule has 0 atom stereocenters. The number of pyridine rings is 1. The molecule has 0 fully saturated rings. The molecule has 1 N–H and O–H groups in total. The van der Waals surface area contributed by atoms with E-state index in [1.54, 1.807) is 7.11 Å². The molecule has 3 heterocycles. The Bertz CT molecular complexity index is 809. The van der Waals surface area contributed by atoms with Gasteiger partial charge in [0.1, 0.15) is 11.4 Å². The van der Waals surface area contributed by atoms with E-state index in [0.717, 1.165) is 37.5 Å². The molecule has 2 aromatic heterocycles. The number of fused-ring (bicyclic) bond motifs is 2. The quantitative estimate of drug-likeness (QED) is 0.806. The third kappa shape index (κ3) is 2.35. The first-order chi connectivity index (χ1) is 10.8. The molecule has 0 aliphatic carbocycles. The lowest BCUT2D eigenvalue weighted by atomic mass is 9.99. The number of hydrogen-bond donors (Lipinski definition) is 1. The standard InChI is InChI=1S/C18H19N3O/c1-22-16-5-4-14-11-21(8-6-13(14)9-16)12-15-10-20-18-17(15)3-2-7-19-18/h2-5,7,9-10H,6,8,11-12H2,1H3,(H,19,20). The molecular formula is C18H19N3O. The number of methoxy groups -OCH3 is 1. The van der Waals surface area contributed by atoms with E-state index in [2.05, 4.69) is 45.3 Å². The Hall–Kier alpha value is -2.33.